The van der Waals surface area contributed by atoms with E-state index >= 15 is 0 Å². The fourth-order valence-electron chi connectivity index (χ4n) is 2.61. The summed E-state index contributed by atoms with van der Waals surface area (Å²) in [7, 11) is 0. The Labute approximate surface area is 154 Å². The van der Waals surface area contributed by atoms with E-state index in [1.54, 1.807) is 24.3 Å². The van der Waals surface area contributed by atoms with Crippen LogP contribution in [0.15, 0.2) is 47.3 Å². The number of fused-ring (bicyclic) bond motifs is 1. The summed E-state index contributed by atoms with van der Waals surface area (Å²) in [5.41, 5.74) is 0.0304. The number of nitrogens with zero attached hydrogens (tertiary/aromatic N) is 2. The van der Waals surface area contributed by atoms with Gasteiger partial charge in [0.25, 0.3) is 11.5 Å². The first kappa shape index (κ1) is 18.0. The van der Waals surface area contributed by atoms with Gasteiger partial charge in [-0.3, -0.25) is 9.59 Å². The summed E-state index contributed by atoms with van der Waals surface area (Å²) in [6, 6.07) is 10.8. The molecule has 0 bridgehead atoms. The molecule has 0 aliphatic rings. The molecule has 1 amide bonds. The maximum Gasteiger partial charge on any atom is 0.281 e. The highest BCUT2D eigenvalue weighted by atomic mass is 32.1. The highest BCUT2D eigenvalue weighted by Crippen LogP contribution is 2.26. The van der Waals surface area contributed by atoms with Crippen LogP contribution in [0.4, 0.5) is 15.2 Å². The van der Waals surface area contributed by atoms with E-state index in [0.29, 0.717) is 16.2 Å². The van der Waals surface area contributed by atoms with Crippen LogP contribution < -0.4 is 15.8 Å². The second-order valence-electron chi connectivity index (χ2n) is 5.62. The molecule has 0 spiro atoms. The van der Waals surface area contributed by atoms with Crippen LogP contribution in [0.5, 0.6) is 0 Å². The number of anilines is 2. The van der Waals surface area contributed by atoms with Gasteiger partial charge in [0.15, 0.2) is 5.13 Å². The van der Waals surface area contributed by atoms with Crippen LogP contribution in [0, 0.1) is 5.82 Å². The molecule has 0 atom stereocenters. The zero-order valence-electron chi connectivity index (χ0n) is 14.5. The number of rotatable bonds is 5. The van der Waals surface area contributed by atoms with E-state index in [1.165, 1.54) is 29.5 Å². The molecule has 1 aromatic heterocycles. The Morgan fingerprint density at radius 1 is 1.19 bits per heavy atom. The van der Waals surface area contributed by atoms with Crippen molar-refractivity contribution in [3.8, 4) is 0 Å². The summed E-state index contributed by atoms with van der Waals surface area (Å²) in [6.45, 7) is 5.55. The predicted molar refractivity (Wildman–Crippen MR) is 104 cm³/mol. The maximum absolute atomic E-state index is 13.7. The fraction of sp³-hybridized carbons (Fsp3) is 0.211. The van der Waals surface area contributed by atoms with Crippen molar-refractivity contribution >= 4 is 38.1 Å². The van der Waals surface area contributed by atoms with Crippen molar-refractivity contribution in [2.24, 2.45) is 0 Å². The predicted octanol–water partition coefficient (Wildman–Crippen LogP) is 3.89. The lowest BCUT2D eigenvalue weighted by Crippen LogP contribution is -2.24. The molecule has 0 aliphatic carbocycles. The molecule has 0 fully saturated rings. The quantitative estimate of drug-likeness (QED) is 0.739. The molecule has 2 aromatic carbocycles. The van der Waals surface area contributed by atoms with E-state index in [9.17, 15) is 14.0 Å². The summed E-state index contributed by atoms with van der Waals surface area (Å²) >= 11 is 1.43. The smallest absolute Gasteiger partial charge is 0.281 e. The van der Waals surface area contributed by atoms with E-state index in [2.05, 4.69) is 10.3 Å². The Morgan fingerprint density at radius 3 is 2.62 bits per heavy atom. The van der Waals surface area contributed by atoms with E-state index in [1.807, 2.05) is 18.7 Å². The number of carbonyl (C=O) groups is 1. The van der Waals surface area contributed by atoms with E-state index in [0.717, 1.165) is 17.8 Å². The molecule has 5 nitrogen and oxygen atoms in total. The third kappa shape index (κ3) is 3.57. The molecule has 0 unspecified atom stereocenters. The molecule has 26 heavy (non-hydrogen) atoms. The maximum atomic E-state index is 13.7. The molecule has 1 heterocycles. The van der Waals surface area contributed by atoms with E-state index in [4.69, 9.17) is 0 Å². The number of halogens is 1. The molecule has 7 heteroatoms. The zero-order chi connectivity index (χ0) is 18.7. The Bertz CT molecular complexity index is 1020. The minimum atomic E-state index is -0.594. The zero-order valence-corrected chi connectivity index (χ0v) is 15.3. The highest BCUT2D eigenvalue weighted by Gasteiger charge is 2.13. The molecule has 0 saturated heterocycles. The first-order valence-electron chi connectivity index (χ1n) is 8.29. The SMILES string of the molecule is CCN(CC)c1nc(=O)c2cc(NC(=O)c3ccccc3F)ccc2s1. The molecular weight excluding hydrogens is 353 g/mol. The Balaban J connectivity index is 1.94. The van der Waals surface area contributed by atoms with Gasteiger partial charge in [-0.15, -0.1) is 0 Å². The topological polar surface area (TPSA) is 62.3 Å². The lowest BCUT2D eigenvalue weighted by atomic mass is 10.2. The Morgan fingerprint density at radius 2 is 1.92 bits per heavy atom. The van der Waals surface area contributed by atoms with Crippen molar-refractivity contribution in [2.75, 3.05) is 23.3 Å². The molecule has 134 valence electrons. The molecule has 0 radical (unpaired) electrons. The minimum Gasteiger partial charge on any atom is -0.349 e. The summed E-state index contributed by atoms with van der Waals surface area (Å²) in [5, 5.41) is 3.73. The van der Waals surface area contributed by atoms with Gasteiger partial charge in [0.05, 0.1) is 10.9 Å². The third-order valence-corrected chi connectivity index (χ3v) is 5.13. The molecule has 1 N–H and O–H groups in total. The second-order valence-corrected chi connectivity index (χ2v) is 6.63. The minimum absolute atomic E-state index is 0.0484. The fourth-order valence-corrected chi connectivity index (χ4v) is 3.71. The van der Waals surface area contributed by atoms with Crippen LogP contribution >= 0.6 is 11.3 Å². The van der Waals surface area contributed by atoms with E-state index in [-0.39, 0.29) is 11.1 Å². The molecule has 3 rings (SSSR count). The number of nitrogens with one attached hydrogen (secondary N) is 1. The standard InChI is InChI=1S/C19H18FN3O2S/c1-3-23(4-2)19-22-18(25)14-11-12(9-10-16(14)26-19)21-17(24)13-7-5-6-8-15(13)20/h5-11H,3-4H2,1-2H3,(H,21,24). The third-order valence-electron chi connectivity index (χ3n) is 4.02. The number of hydrogen-bond donors (Lipinski definition) is 1. The summed E-state index contributed by atoms with van der Waals surface area (Å²) in [5.74, 6) is -1.16. The number of carbonyl (C=O) groups excluding carboxylic acids is 1. The van der Waals surface area contributed by atoms with Crippen LogP contribution in [0.1, 0.15) is 24.2 Å². The van der Waals surface area contributed by atoms with Gasteiger partial charge in [-0.2, -0.15) is 4.98 Å². The van der Waals surface area contributed by atoms with Crippen LogP contribution in [-0.4, -0.2) is 24.0 Å². The molecule has 3 aromatic rings. The van der Waals surface area contributed by atoms with Gasteiger partial charge in [0.2, 0.25) is 0 Å². The summed E-state index contributed by atoms with van der Waals surface area (Å²) < 4.78 is 14.5. The van der Waals surface area contributed by atoms with Crippen LogP contribution in [0.2, 0.25) is 0 Å². The average Bonchev–Trinajstić information content (AvgIpc) is 2.63. The van der Waals surface area contributed by atoms with Gasteiger partial charge in [-0.1, -0.05) is 23.5 Å². The summed E-state index contributed by atoms with van der Waals surface area (Å²) in [4.78, 5) is 30.8. The monoisotopic (exact) mass is 371 g/mol. The van der Waals surface area contributed by atoms with Crippen LogP contribution in [-0.2, 0) is 0 Å². The van der Waals surface area contributed by atoms with Gasteiger partial charge in [-0.05, 0) is 44.2 Å². The normalized spacial score (nSPS) is 10.7. The Kier molecular flexibility index (Phi) is 5.27. The molecule has 0 aliphatic heterocycles. The lowest BCUT2D eigenvalue weighted by Gasteiger charge is -2.18. The molecular formula is C19H18FN3O2S. The van der Waals surface area contributed by atoms with Crippen molar-refractivity contribution in [3.05, 3.63) is 64.2 Å². The average molecular weight is 371 g/mol. The largest absolute Gasteiger partial charge is 0.349 e. The van der Waals surface area contributed by atoms with Gasteiger partial charge in [-0.25, -0.2) is 4.39 Å². The number of aromatic nitrogens is 1. The van der Waals surface area contributed by atoms with Crippen LogP contribution in [0.25, 0.3) is 10.1 Å². The van der Waals surface area contributed by atoms with Gasteiger partial charge in [0.1, 0.15) is 5.82 Å². The number of hydrogen-bond acceptors (Lipinski definition) is 5. The second kappa shape index (κ2) is 7.61. The molecule has 0 saturated carbocycles. The number of benzene rings is 2. The van der Waals surface area contributed by atoms with Crippen molar-refractivity contribution in [2.45, 2.75) is 13.8 Å². The number of amides is 1. The van der Waals surface area contributed by atoms with Crippen molar-refractivity contribution in [1.29, 1.82) is 0 Å². The van der Waals surface area contributed by atoms with Gasteiger partial charge >= 0.3 is 0 Å². The Hall–Kier alpha value is -2.80. The van der Waals surface area contributed by atoms with E-state index < -0.39 is 11.7 Å². The highest BCUT2D eigenvalue weighted by molar-refractivity contribution is 7.21. The van der Waals surface area contributed by atoms with Crippen LogP contribution in [0.3, 0.4) is 0 Å². The van der Waals surface area contributed by atoms with Crippen molar-refractivity contribution in [3.63, 3.8) is 0 Å². The van der Waals surface area contributed by atoms with Gasteiger partial charge in [0, 0.05) is 23.5 Å². The van der Waals surface area contributed by atoms with Crippen molar-refractivity contribution < 1.29 is 9.18 Å². The lowest BCUT2D eigenvalue weighted by molar-refractivity contribution is 0.102. The first-order valence-corrected chi connectivity index (χ1v) is 9.10. The summed E-state index contributed by atoms with van der Waals surface area (Å²) in [6.07, 6.45) is 0. The van der Waals surface area contributed by atoms with Gasteiger partial charge < -0.3 is 10.2 Å². The first-order chi connectivity index (χ1) is 12.5. The van der Waals surface area contributed by atoms with Crippen molar-refractivity contribution in [1.82, 2.24) is 4.98 Å².